The summed E-state index contributed by atoms with van der Waals surface area (Å²) >= 11 is 3.45. The molecule has 118 valence electrons. The molecule has 2 aromatic rings. The maximum atomic E-state index is 12.9. The Bertz CT molecular complexity index is 667. The number of carbonyl (C=O) groups is 1. The monoisotopic (exact) mass is 365 g/mol. The van der Waals surface area contributed by atoms with Crippen molar-refractivity contribution in [2.75, 3.05) is 7.11 Å². The second-order valence-corrected chi connectivity index (χ2v) is 6.25. The molecule has 1 heterocycles. The zero-order valence-electron chi connectivity index (χ0n) is 13.2. The zero-order valence-corrected chi connectivity index (χ0v) is 14.8. The van der Waals surface area contributed by atoms with E-state index in [2.05, 4.69) is 21.0 Å². The van der Waals surface area contributed by atoms with Gasteiger partial charge in [0.15, 0.2) is 0 Å². The van der Waals surface area contributed by atoms with Crippen molar-refractivity contribution >= 4 is 21.8 Å². The van der Waals surface area contributed by atoms with Crippen molar-refractivity contribution in [2.24, 2.45) is 7.05 Å². The van der Waals surface area contributed by atoms with Gasteiger partial charge >= 0.3 is 0 Å². The van der Waals surface area contributed by atoms with E-state index in [9.17, 15) is 4.79 Å². The van der Waals surface area contributed by atoms with Crippen LogP contribution in [0.1, 0.15) is 29.8 Å². The lowest BCUT2D eigenvalue weighted by molar-refractivity contribution is 0.0689. The third-order valence-corrected chi connectivity index (χ3v) is 4.09. The van der Waals surface area contributed by atoms with Crippen LogP contribution in [-0.4, -0.2) is 33.7 Å². The van der Waals surface area contributed by atoms with E-state index in [1.54, 1.807) is 24.1 Å². The Hall–Kier alpha value is -1.82. The number of methoxy groups -OCH3 is 1. The molecule has 6 heteroatoms. The Morgan fingerprint density at radius 3 is 2.73 bits per heavy atom. The van der Waals surface area contributed by atoms with Crippen LogP contribution in [0.5, 0.6) is 5.75 Å². The van der Waals surface area contributed by atoms with Gasteiger partial charge in [0, 0.05) is 35.9 Å². The quantitative estimate of drug-likeness (QED) is 0.816. The molecule has 1 aromatic heterocycles. The van der Waals surface area contributed by atoms with Crippen LogP contribution in [0.4, 0.5) is 0 Å². The maximum Gasteiger partial charge on any atom is 0.255 e. The van der Waals surface area contributed by atoms with E-state index in [0.29, 0.717) is 17.9 Å². The number of ether oxygens (including phenoxy) is 1. The molecule has 0 unspecified atom stereocenters. The molecule has 1 amide bonds. The fourth-order valence-corrected chi connectivity index (χ4v) is 2.61. The molecule has 0 saturated carbocycles. The minimum Gasteiger partial charge on any atom is -0.497 e. The predicted octanol–water partition coefficient (Wildman–Crippen LogP) is 3.24. The first-order chi connectivity index (χ1) is 10.4. The molecule has 0 spiro atoms. The van der Waals surface area contributed by atoms with Crippen molar-refractivity contribution in [3.05, 3.63) is 46.2 Å². The lowest BCUT2D eigenvalue weighted by Gasteiger charge is -2.27. The molecule has 0 saturated heterocycles. The van der Waals surface area contributed by atoms with E-state index in [1.807, 2.05) is 44.1 Å². The topological polar surface area (TPSA) is 47.4 Å². The summed E-state index contributed by atoms with van der Waals surface area (Å²) in [6, 6.07) is 5.48. The van der Waals surface area contributed by atoms with Gasteiger partial charge in [0.2, 0.25) is 0 Å². The Kier molecular flexibility index (Phi) is 5.24. The second kappa shape index (κ2) is 6.96. The van der Waals surface area contributed by atoms with Gasteiger partial charge in [-0.3, -0.25) is 9.48 Å². The molecule has 5 nitrogen and oxygen atoms in total. The summed E-state index contributed by atoms with van der Waals surface area (Å²) in [5, 5.41) is 4.16. The van der Waals surface area contributed by atoms with Gasteiger partial charge in [-0.05, 0) is 48.0 Å². The number of nitrogens with zero attached hydrogens (tertiary/aromatic N) is 3. The van der Waals surface area contributed by atoms with Gasteiger partial charge in [-0.1, -0.05) is 0 Å². The molecular formula is C16H20BrN3O2. The minimum atomic E-state index is -0.0374. The molecular weight excluding hydrogens is 346 g/mol. The van der Waals surface area contributed by atoms with E-state index < -0.39 is 0 Å². The van der Waals surface area contributed by atoms with Crippen molar-refractivity contribution in [1.82, 2.24) is 14.7 Å². The van der Waals surface area contributed by atoms with E-state index >= 15 is 0 Å². The number of carbonyl (C=O) groups excluding carboxylic acids is 1. The first-order valence-electron chi connectivity index (χ1n) is 7.04. The Balaban J connectivity index is 2.30. The van der Waals surface area contributed by atoms with E-state index in [4.69, 9.17) is 4.74 Å². The van der Waals surface area contributed by atoms with Gasteiger partial charge in [-0.15, -0.1) is 0 Å². The molecule has 0 bridgehead atoms. The first-order valence-corrected chi connectivity index (χ1v) is 7.83. The molecule has 0 fully saturated rings. The Morgan fingerprint density at radius 1 is 1.45 bits per heavy atom. The fourth-order valence-electron chi connectivity index (χ4n) is 2.19. The van der Waals surface area contributed by atoms with Crippen LogP contribution in [0, 0.1) is 0 Å². The van der Waals surface area contributed by atoms with Gasteiger partial charge in [0.05, 0.1) is 18.9 Å². The Morgan fingerprint density at radius 2 is 2.18 bits per heavy atom. The number of aromatic nitrogens is 2. The van der Waals surface area contributed by atoms with Gasteiger partial charge in [-0.2, -0.15) is 5.10 Å². The highest BCUT2D eigenvalue weighted by Gasteiger charge is 2.22. The molecule has 0 N–H and O–H groups in total. The molecule has 0 aliphatic carbocycles. The van der Waals surface area contributed by atoms with Crippen LogP contribution >= 0.6 is 15.9 Å². The van der Waals surface area contributed by atoms with Gasteiger partial charge in [0.25, 0.3) is 5.91 Å². The van der Waals surface area contributed by atoms with Crippen molar-refractivity contribution in [2.45, 2.75) is 26.4 Å². The summed E-state index contributed by atoms with van der Waals surface area (Å²) in [4.78, 5) is 14.7. The first kappa shape index (κ1) is 16.5. The van der Waals surface area contributed by atoms with Gasteiger partial charge in [0.1, 0.15) is 5.75 Å². The average molecular weight is 366 g/mol. The number of amides is 1. The average Bonchev–Trinajstić information content (AvgIpc) is 2.89. The highest BCUT2D eigenvalue weighted by Crippen LogP contribution is 2.25. The summed E-state index contributed by atoms with van der Waals surface area (Å²) in [7, 11) is 3.46. The van der Waals surface area contributed by atoms with Gasteiger partial charge in [-0.25, -0.2) is 0 Å². The molecule has 2 rings (SSSR count). The summed E-state index contributed by atoms with van der Waals surface area (Å²) in [6.45, 7) is 4.53. The van der Waals surface area contributed by atoms with Crippen LogP contribution < -0.4 is 4.74 Å². The summed E-state index contributed by atoms with van der Waals surface area (Å²) < 4.78 is 7.71. The minimum absolute atomic E-state index is 0.0374. The predicted molar refractivity (Wildman–Crippen MR) is 88.9 cm³/mol. The van der Waals surface area contributed by atoms with Crippen LogP contribution in [0.25, 0.3) is 0 Å². The second-order valence-electron chi connectivity index (χ2n) is 5.39. The molecule has 0 aliphatic heterocycles. The standard InChI is InChI=1S/C16H20BrN3O2/c1-11(2)20(10-12-8-18-19(3)9-12)16(21)14-7-13(22-4)5-6-15(14)17/h5-9,11H,10H2,1-4H3. The smallest absolute Gasteiger partial charge is 0.255 e. The third kappa shape index (κ3) is 3.68. The number of hydrogen-bond acceptors (Lipinski definition) is 3. The lowest BCUT2D eigenvalue weighted by atomic mass is 10.1. The van der Waals surface area contributed by atoms with Crippen molar-refractivity contribution in [3.63, 3.8) is 0 Å². The van der Waals surface area contributed by atoms with Crippen LogP contribution in [0.3, 0.4) is 0 Å². The number of benzene rings is 1. The number of halogens is 1. The molecule has 0 aliphatic rings. The third-order valence-electron chi connectivity index (χ3n) is 3.40. The van der Waals surface area contributed by atoms with Crippen molar-refractivity contribution in [3.8, 4) is 5.75 Å². The molecule has 0 radical (unpaired) electrons. The van der Waals surface area contributed by atoms with Crippen molar-refractivity contribution in [1.29, 1.82) is 0 Å². The maximum absolute atomic E-state index is 12.9. The van der Waals surface area contributed by atoms with Crippen LogP contribution in [-0.2, 0) is 13.6 Å². The Labute approximate surface area is 139 Å². The zero-order chi connectivity index (χ0) is 16.3. The highest BCUT2D eigenvalue weighted by atomic mass is 79.9. The van der Waals surface area contributed by atoms with E-state index in [1.165, 1.54) is 0 Å². The number of rotatable bonds is 5. The molecule has 22 heavy (non-hydrogen) atoms. The van der Waals surface area contributed by atoms with E-state index in [0.717, 1.165) is 10.0 Å². The summed E-state index contributed by atoms with van der Waals surface area (Å²) in [5.74, 6) is 0.626. The lowest BCUT2D eigenvalue weighted by Crippen LogP contribution is -2.36. The highest BCUT2D eigenvalue weighted by molar-refractivity contribution is 9.10. The van der Waals surface area contributed by atoms with Gasteiger partial charge < -0.3 is 9.64 Å². The summed E-state index contributed by atoms with van der Waals surface area (Å²) in [6.07, 6.45) is 3.70. The largest absolute Gasteiger partial charge is 0.497 e. The summed E-state index contributed by atoms with van der Waals surface area (Å²) in [5.41, 5.74) is 1.60. The SMILES string of the molecule is COc1ccc(Br)c(C(=O)N(Cc2cnn(C)c2)C(C)C)c1. The molecule has 0 atom stereocenters. The van der Waals surface area contributed by atoms with E-state index in [-0.39, 0.29) is 11.9 Å². The number of hydrogen-bond donors (Lipinski definition) is 0. The van der Waals surface area contributed by atoms with Crippen LogP contribution in [0.2, 0.25) is 0 Å². The van der Waals surface area contributed by atoms with Crippen molar-refractivity contribution < 1.29 is 9.53 Å². The van der Waals surface area contributed by atoms with Crippen LogP contribution in [0.15, 0.2) is 35.1 Å². The number of aryl methyl sites for hydroxylation is 1. The fraction of sp³-hybridized carbons (Fsp3) is 0.375. The molecule has 1 aromatic carbocycles. The normalized spacial score (nSPS) is 10.8.